The molecular weight excluding hydrogens is 226 g/mol. The van der Waals surface area contributed by atoms with Crippen LogP contribution in [0, 0.1) is 3.95 Å². The summed E-state index contributed by atoms with van der Waals surface area (Å²) in [5.41, 5.74) is 1.39. The maximum absolute atomic E-state index is 11.4. The van der Waals surface area contributed by atoms with Crippen molar-refractivity contribution in [2.24, 2.45) is 0 Å². The second-order valence-electron chi connectivity index (χ2n) is 2.83. The highest BCUT2D eigenvalue weighted by Gasteiger charge is 2.12. The molecule has 0 aliphatic carbocycles. The Morgan fingerprint density at radius 2 is 2.20 bits per heavy atom. The average molecular weight is 237 g/mol. The molecular formula is C11H11NOS2. The smallest absolute Gasteiger partial charge is 0.161 e. The number of hydrogen-bond acceptors (Lipinski definition) is 3. The number of allylic oxidation sites excluding steroid dienone is 3. The Morgan fingerprint density at radius 3 is 2.67 bits per heavy atom. The molecule has 0 amide bonds. The lowest BCUT2D eigenvalue weighted by atomic mass is 10.1. The zero-order valence-electron chi connectivity index (χ0n) is 8.37. The highest BCUT2D eigenvalue weighted by Crippen LogP contribution is 2.26. The monoisotopic (exact) mass is 237 g/mol. The van der Waals surface area contributed by atoms with Crippen LogP contribution in [0.4, 0.5) is 0 Å². The van der Waals surface area contributed by atoms with E-state index in [1.165, 1.54) is 18.3 Å². The van der Waals surface area contributed by atoms with Gasteiger partial charge in [-0.25, -0.2) is 0 Å². The van der Waals surface area contributed by atoms with Crippen molar-refractivity contribution >= 4 is 41.0 Å². The molecule has 1 heterocycles. The first-order valence-corrected chi connectivity index (χ1v) is 5.52. The molecule has 0 saturated carbocycles. The summed E-state index contributed by atoms with van der Waals surface area (Å²) in [5.74, 6) is -0.0109. The Balaban J connectivity index is 3.40. The molecule has 1 rings (SSSR count). The topological polar surface area (TPSA) is 32.9 Å². The Bertz CT molecular complexity index is 491. The highest BCUT2D eigenvalue weighted by atomic mass is 32.1. The highest BCUT2D eigenvalue weighted by molar-refractivity contribution is 7.73. The van der Waals surface area contributed by atoms with Crippen molar-refractivity contribution in [3.8, 4) is 0 Å². The number of carbonyl (C=O) groups is 1. The number of ketones is 1. The first-order valence-electron chi connectivity index (χ1n) is 4.29. The predicted octanol–water partition coefficient (Wildman–Crippen LogP) is 3.61. The van der Waals surface area contributed by atoms with Gasteiger partial charge < -0.3 is 4.98 Å². The van der Waals surface area contributed by atoms with Gasteiger partial charge in [0.25, 0.3) is 0 Å². The Kier molecular flexibility index (Phi) is 3.94. The fourth-order valence-corrected chi connectivity index (χ4v) is 2.43. The van der Waals surface area contributed by atoms with E-state index >= 15 is 0 Å². The van der Waals surface area contributed by atoms with Crippen LogP contribution in [0.15, 0.2) is 25.3 Å². The summed E-state index contributed by atoms with van der Waals surface area (Å²) >= 11 is 6.39. The minimum absolute atomic E-state index is 0.0109. The number of Topliss-reactive ketones (excluding diaryl/α,β-unsaturated/α-hetero) is 1. The molecule has 0 aliphatic rings. The lowest BCUT2D eigenvalue weighted by molar-refractivity contribution is -0.111. The van der Waals surface area contributed by atoms with Gasteiger partial charge in [0, 0.05) is 5.57 Å². The fourth-order valence-electron chi connectivity index (χ4n) is 1.15. The van der Waals surface area contributed by atoms with Crippen LogP contribution in [0.25, 0.3) is 11.6 Å². The van der Waals surface area contributed by atoms with Gasteiger partial charge in [0.05, 0.1) is 10.6 Å². The van der Waals surface area contributed by atoms with E-state index in [1.54, 1.807) is 18.2 Å². The van der Waals surface area contributed by atoms with E-state index in [9.17, 15) is 4.79 Å². The van der Waals surface area contributed by atoms with Crippen molar-refractivity contribution in [2.45, 2.75) is 6.92 Å². The number of aromatic amines is 1. The maximum Gasteiger partial charge on any atom is 0.161 e. The van der Waals surface area contributed by atoms with E-state index in [-0.39, 0.29) is 5.78 Å². The average Bonchev–Trinajstić information content (AvgIpc) is 2.55. The van der Waals surface area contributed by atoms with Crippen molar-refractivity contribution in [2.75, 3.05) is 0 Å². The van der Waals surface area contributed by atoms with Gasteiger partial charge in [-0.2, -0.15) is 0 Å². The molecule has 0 saturated heterocycles. The fraction of sp³-hybridized carbons (Fsp3) is 0.0909. The number of thiazole rings is 1. The van der Waals surface area contributed by atoms with Gasteiger partial charge in [-0.3, -0.25) is 4.79 Å². The largest absolute Gasteiger partial charge is 0.337 e. The third-order valence-corrected chi connectivity index (χ3v) is 3.07. The number of H-pyrrole nitrogens is 1. The molecule has 1 aromatic heterocycles. The van der Waals surface area contributed by atoms with Crippen molar-refractivity contribution in [1.29, 1.82) is 0 Å². The standard InChI is InChI=1S/C11H11NOS2/c1-4-6-8(7(3)13)10-9(5-2)12-11(14)15-10/h4-6H,1-2H2,3H3,(H,12,14)/b8-6-. The van der Waals surface area contributed by atoms with E-state index in [0.717, 1.165) is 10.6 Å². The van der Waals surface area contributed by atoms with Gasteiger partial charge in [0.2, 0.25) is 0 Å². The molecule has 0 atom stereocenters. The molecule has 0 fully saturated rings. The van der Waals surface area contributed by atoms with Crippen LogP contribution in [-0.4, -0.2) is 10.8 Å². The molecule has 0 radical (unpaired) electrons. The van der Waals surface area contributed by atoms with Gasteiger partial charge in [0.15, 0.2) is 9.74 Å². The molecule has 1 N–H and O–H groups in total. The molecule has 78 valence electrons. The van der Waals surface area contributed by atoms with Gasteiger partial charge in [0.1, 0.15) is 0 Å². The van der Waals surface area contributed by atoms with E-state index in [1.807, 2.05) is 0 Å². The van der Waals surface area contributed by atoms with Crippen molar-refractivity contribution in [3.05, 3.63) is 39.8 Å². The zero-order valence-corrected chi connectivity index (χ0v) is 10.0. The van der Waals surface area contributed by atoms with Gasteiger partial charge in [-0.15, -0.1) is 11.3 Å². The predicted molar refractivity (Wildman–Crippen MR) is 68.4 cm³/mol. The van der Waals surface area contributed by atoms with Gasteiger partial charge in [-0.05, 0) is 25.2 Å². The summed E-state index contributed by atoms with van der Waals surface area (Å²) in [7, 11) is 0. The lowest BCUT2D eigenvalue weighted by Gasteiger charge is -2.00. The summed E-state index contributed by atoms with van der Waals surface area (Å²) in [4.78, 5) is 15.2. The third-order valence-electron chi connectivity index (χ3n) is 1.79. The van der Waals surface area contributed by atoms with Crippen molar-refractivity contribution in [3.63, 3.8) is 0 Å². The number of aromatic nitrogens is 1. The Hall–Kier alpha value is -1.26. The van der Waals surface area contributed by atoms with E-state index in [0.29, 0.717) is 9.53 Å². The number of carbonyl (C=O) groups excluding carboxylic acids is 1. The summed E-state index contributed by atoms with van der Waals surface area (Å²) in [6, 6.07) is 0. The van der Waals surface area contributed by atoms with Crippen LogP contribution in [0.1, 0.15) is 17.5 Å². The molecule has 4 heteroatoms. The van der Waals surface area contributed by atoms with Crippen molar-refractivity contribution < 1.29 is 4.79 Å². The van der Waals surface area contributed by atoms with E-state index in [2.05, 4.69) is 18.1 Å². The summed E-state index contributed by atoms with van der Waals surface area (Å²) in [5, 5.41) is 0. The lowest BCUT2D eigenvalue weighted by Crippen LogP contribution is -1.95. The summed E-state index contributed by atoms with van der Waals surface area (Å²) in [6.07, 6.45) is 4.93. The SMILES string of the molecule is C=C/C=C(/C(C)=O)c1sc(=S)[nH]c1C=C. The number of rotatable bonds is 4. The number of hydrogen-bond donors (Lipinski definition) is 1. The summed E-state index contributed by atoms with van der Waals surface area (Å²) in [6.45, 7) is 8.77. The molecule has 0 bridgehead atoms. The third kappa shape index (κ3) is 2.61. The second kappa shape index (κ2) is 5.00. The Labute approximate surface area is 97.7 Å². The molecule has 0 aromatic carbocycles. The molecule has 15 heavy (non-hydrogen) atoms. The zero-order chi connectivity index (χ0) is 11.4. The van der Waals surface area contributed by atoms with Crippen LogP contribution in [0.2, 0.25) is 0 Å². The van der Waals surface area contributed by atoms with E-state index < -0.39 is 0 Å². The van der Waals surface area contributed by atoms with Gasteiger partial charge >= 0.3 is 0 Å². The Morgan fingerprint density at radius 1 is 1.53 bits per heavy atom. The quantitative estimate of drug-likeness (QED) is 0.493. The molecule has 0 unspecified atom stereocenters. The van der Waals surface area contributed by atoms with Crippen LogP contribution in [0.5, 0.6) is 0 Å². The van der Waals surface area contributed by atoms with Crippen LogP contribution in [0.3, 0.4) is 0 Å². The summed E-state index contributed by atoms with van der Waals surface area (Å²) < 4.78 is 0.635. The van der Waals surface area contributed by atoms with Crippen LogP contribution in [-0.2, 0) is 4.79 Å². The van der Waals surface area contributed by atoms with Crippen LogP contribution < -0.4 is 0 Å². The molecule has 2 nitrogen and oxygen atoms in total. The van der Waals surface area contributed by atoms with Crippen LogP contribution >= 0.6 is 23.6 Å². The van der Waals surface area contributed by atoms with Crippen molar-refractivity contribution in [1.82, 2.24) is 4.98 Å². The maximum atomic E-state index is 11.4. The molecule has 1 aromatic rings. The number of nitrogens with one attached hydrogen (secondary N) is 1. The minimum atomic E-state index is -0.0109. The molecule has 0 spiro atoms. The first-order chi connectivity index (χ1) is 7.10. The van der Waals surface area contributed by atoms with Gasteiger partial charge in [-0.1, -0.05) is 25.3 Å². The molecule has 0 aliphatic heterocycles. The first kappa shape index (κ1) is 11.8. The van der Waals surface area contributed by atoms with E-state index in [4.69, 9.17) is 12.2 Å². The normalized spacial score (nSPS) is 11.1. The minimum Gasteiger partial charge on any atom is -0.337 e. The second-order valence-corrected chi connectivity index (χ2v) is 4.52.